The zero-order valence-electron chi connectivity index (χ0n) is 15.0. The first-order chi connectivity index (χ1) is 12.9. The lowest BCUT2D eigenvalue weighted by Gasteiger charge is -2.34. The SMILES string of the molecule is COc1ccccc1CC(=O)N1CCN(S(=O)(=O)c2ccc(Cl)cc2)CC1. The van der Waals surface area contributed by atoms with E-state index >= 15 is 0 Å². The Hall–Kier alpha value is -2.09. The van der Waals surface area contributed by atoms with Crippen LogP contribution in [0.4, 0.5) is 0 Å². The Morgan fingerprint density at radius 3 is 2.30 bits per heavy atom. The van der Waals surface area contributed by atoms with Crippen LogP contribution in [-0.4, -0.2) is 56.8 Å². The Kier molecular flexibility index (Phi) is 6.04. The molecule has 1 heterocycles. The van der Waals surface area contributed by atoms with E-state index in [0.717, 1.165) is 5.56 Å². The van der Waals surface area contributed by atoms with Crippen LogP contribution in [0.15, 0.2) is 53.4 Å². The van der Waals surface area contributed by atoms with Gasteiger partial charge in [0.2, 0.25) is 15.9 Å². The number of amides is 1. The van der Waals surface area contributed by atoms with Crippen LogP contribution in [0.1, 0.15) is 5.56 Å². The van der Waals surface area contributed by atoms with Crippen molar-refractivity contribution in [3.05, 3.63) is 59.1 Å². The van der Waals surface area contributed by atoms with Crippen LogP contribution < -0.4 is 4.74 Å². The van der Waals surface area contributed by atoms with Gasteiger partial charge in [-0.1, -0.05) is 29.8 Å². The van der Waals surface area contributed by atoms with Gasteiger partial charge in [0.1, 0.15) is 5.75 Å². The van der Waals surface area contributed by atoms with Gasteiger partial charge in [-0.05, 0) is 30.3 Å². The van der Waals surface area contributed by atoms with E-state index in [4.69, 9.17) is 16.3 Å². The summed E-state index contributed by atoms with van der Waals surface area (Å²) in [6, 6.07) is 13.5. The molecule has 0 atom stereocenters. The van der Waals surface area contributed by atoms with Crippen molar-refractivity contribution in [2.24, 2.45) is 0 Å². The maximum Gasteiger partial charge on any atom is 0.243 e. The van der Waals surface area contributed by atoms with E-state index in [1.54, 1.807) is 24.1 Å². The monoisotopic (exact) mass is 408 g/mol. The summed E-state index contributed by atoms with van der Waals surface area (Å²) in [5.74, 6) is 0.637. The van der Waals surface area contributed by atoms with Crippen molar-refractivity contribution < 1.29 is 17.9 Å². The average Bonchev–Trinajstić information content (AvgIpc) is 2.69. The summed E-state index contributed by atoms with van der Waals surface area (Å²) in [4.78, 5) is 14.5. The minimum atomic E-state index is -3.58. The number of para-hydroxylation sites is 1. The summed E-state index contributed by atoms with van der Waals surface area (Å²) < 4.78 is 32.1. The van der Waals surface area contributed by atoms with Crippen molar-refractivity contribution >= 4 is 27.5 Å². The molecule has 1 amide bonds. The minimum absolute atomic E-state index is 0.0389. The number of halogens is 1. The lowest BCUT2D eigenvalue weighted by molar-refractivity contribution is -0.131. The Balaban J connectivity index is 1.63. The molecule has 1 aliphatic rings. The van der Waals surface area contributed by atoms with Crippen molar-refractivity contribution in [1.82, 2.24) is 9.21 Å². The van der Waals surface area contributed by atoms with Gasteiger partial charge in [-0.25, -0.2) is 8.42 Å². The Morgan fingerprint density at radius 2 is 1.67 bits per heavy atom. The molecule has 6 nitrogen and oxygen atoms in total. The Morgan fingerprint density at radius 1 is 1.04 bits per heavy atom. The summed E-state index contributed by atoms with van der Waals surface area (Å²) in [6.07, 6.45) is 0.230. The summed E-state index contributed by atoms with van der Waals surface area (Å²) in [7, 11) is -2.01. The van der Waals surface area contributed by atoms with E-state index in [-0.39, 0.29) is 30.3 Å². The second kappa shape index (κ2) is 8.29. The number of methoxy groups -OCH3 is 1. The van der Waals surface area contributed by atoms with Crippen molar-refractivity contribution in [3.8, 4) is 5.75 Å². The zero-order valence-corrected chi connectivity index (χ0v) is 16.5. The highest BCUT2D eigenvalue weighted by Gasteiger charge is 2.30. The maximum atomic E-state index is 12.7. The van der Waals surface area contributed by atoms with Gasteiger partial charge >= 0.3 is 0 Å². The third-order valence-electron chi connectivity index (χ3n) is 4.58. The van der Waals surface area contributed by atoms with Gasteiger partial charge in [-0.15, -0.1) is 0 Å². The normalized spacial score (nSPS) is 15.6. The van der Waals surface area contributed by atoms with Crippen LogP contribution in [-0.2, 0) is 21.2 Å². The number of carbonyl (C=O) groups excluding carboxylic acids is 1. The molecule has 0 radical (unpaired) electrons. The van der Waals surface area contributed by atoms with Crippen LogP contribution in [0.2, 0.25) is 5.02 Å². The number of ether oxygens (including phenoxy) is 1. The lowest BCUT2D eigenvalue weighted by Crippen LogP contribution is -2.50. The van der Waals surface area contributed by atoms with E-state index in [1.165, 1.54) is 16.4 Å². The topological polar surface area (TPSA) is 66.9 Å². The van der Waals surface area contributed by atoms with Crippen molar-refractivity contribution in [1.29, 1.82) is 0 Å². The summed E-state index contributed by atoms with van der Waals surface area (Å²) in [6.45, 7) is 1.26. The van der Waals surface area contributed by atoms with Gasteiger partial charge in [-0.2, -0.15) is 4.31 Å². The number of hydrogen-bond acceptors (Lipinski definition) is 4. The Labute approximate surface area is 164 Å². The van der Waals surface area contributed by atoms with E-state index in [1.807, 2.05) is 24.3 Å². The van der Waals surface area contributed by atoms with Gasteiger partial charge < -0.3 is 9.64 Å². The van der Waals surface area contributed by atoms with E-state index in [9.17, 15) is 13.2 Å². The van der Waals surface area contributed by atoms with E-state index in [2.05, 4.69) is 0 Å². The number of hydrogen-bond donors (Lipinski definition) is 0. The standard InChI is InChI=1S/C19H21ClN2O4S/c1-26-18-5-3-2-4-15(18)14-19(23)21-10-12-22(13-11-21)27(24,25)17-8-6-16(20)7-9-17/h2-9H,10-14H2,1H3. The average molecular weight is 409 g/mol. The molecule has 144 valence electrons. The number of benzene rings is 2. The third kappa shape index (κ3) is 4.43. The summed E-state index contributed by atoms with van der Waals surface area (Å²) in [5, 5.41) is 0.487. The second-order valence-electron chi connectivity index (χ2n) is 6.23. The van der Waals surface area contributed by atoms with Crippen LogP contribution in [0, 0.1) is 0 Å². The van der Waals surface area contributed by atoms with Gasteiger partial charge in [0, 0.05) is 36.8 Å². The molecule has 1 fully saturated rings. The zero-order chi connectivity index (χ0) is 19.4. The molecular formula is C19H21ClN2O4S. The molecule has 0 unspecified atom stereocenters. The Bertz CT molecular complexity index is 908. The number of piperazine rings is 1. The fourth-order valence-electron chi connectivity index (χ4n) is 3.06. The van der Waals surface area contributed by atoms with Crippen LogP contribution in [0.3, 0.4) is 0 Å². The first-order valence-corrected chi connectivity index (χ1v) is 10.4. The second-order valence-corrected chi connectivity index (χ2v) is 8.60. The summed E-state index contributed by atoms with van der Waals surface area (Å²) in [5.41, 5.74) is 0.821. The van der Waals surface area contributed by atoms with Gasteiger partial charge in [0.15, 0.2) is 0 Å². The summed E-state index contributed by atoms with van der Waals surface area (Å²) >= 11 is 5.83. The van der Waals surface area contributed by atoms with Crippen LogP contribution >= 0.6 is 11.6 Å². The van der Waals surface area contributed by atoms with Crippen LogP contribution in [0.5, 0.6) is 5.75 Å². The highest BCUT2D eigenvalue weighted by molar-refractivity contribution is 7.89. The fourth-order valence-corrected chi connectivity index (χ4v) is 4.61. The number of sulfonamides is 1. The van der Waals surface area contributed by atoms with Gasteiger partial charge in [0.05, 0.1) is 18.4 Å². The van der Waals surface area contributed by atoms with E-state index in [0.29, 0.717) is 23.9 Å². The molecule has 2 aromatic rings. The molecule has 0 aromatic heterocycles. The number of nitrogens with zero attached hydrogens (tertiary/aromatic N) is 2. The molecule has 1 saturated heterocycles. The molecule has 2 aromatic carbocycles. The molecule has 27 heavy (non-hydrogen) atoms. The smallest absolute Gasteiger partial charge is 0.243 e. The van der Waals surface area contributed by atoms with Crippen LogP contribution in [0.25, 0.3) is 0 Å². The van der Waals surface area contributed by atoms with Gasteiger partial charge in [0.25, 0.3) is 0 Å². The highest BCUT2D eigenvalue weighted by Crippen LogP contribution is 2.21. The number of carbonyl (C=O) groups is 1. The molecule has 1 aliphatic heterocycles. The molecule has 0 saturated carbocycles. The molecular weight excluding hydrogens is 388 g/mol. The first kappa shape index (κ1) is 19.7. The van der Waals surface area contributed by atoms with Crippen molar-refractivity contribution in [2.45, 2.75) is 11.3 Å². The van der Waals surface area contributed by atoms with Gasteiger partial charge in [-0.3, -0.25) is 4.79 Å². The number of rotatable bonds is 5. The maximum absolute atomic E-state index is 12.7. The lowest BCUT2D eigenvalue weighted by atomic mass is 10.1. The van der Waals surface area contributed by atoms with Crippen molar-refractivity contribution in [3.63, 3.8) is 0 Å². The van der Waals surface area contributed by atoms with E-state index < -0.39 is 10.0 Å². The molecule has 0 spiro atoms. The quantitative estimate of drug-likeness (QED) is 0.762. The molecule has 0 bridgehead atoms. The largest absolute Gasteiger partial charge is 0.496 e. The fraction of sp³-hybridized carbons (Fsp3) is 0.316. The molecule has 3 rings (SSSR count). The molecule has 0 aliphatic carbocycles. The molecule has 0 N–H and O–H groups in total. The predicted octanol–water partition coefficient (Wildman–Crippen LogP) is 2.42. The first-order valence-electron chi connectivity index (χ1n) is 8.57. The molecule has 8 heteroatoms. The highest BCUT2D eigenvalue weighted by atomic mass is 35.5. The third-order valence-corrected chi connectivity index (χ3v) is 6.74. The predicted molar refractivity (Wildman–Crippen MR) is 103 cm³/mol. The van der Waals surface area contributed by atoms with Crippen molar-refractivity contribution in [2.75, 3.05) is 33.3 Å². The minimum Gasteiger partial charge on any atom is -0.496 e.